The van der Waals surface area contributed by atoms with E-state index in [1.54, 1.807) is 24.1 Å². The predicted molar refractivity (Wildman–Crippen MR) is 96.9 cm³/mol. The van der Waals surface area contributed by atoms with Crippen LogP contribution in [0, 0.1) is 0 Å². The third-order valence-electron chi connectivity index (χ3n) is 4.47. The number of nitrogens with one attached hydrogen (secondary N) is 1. The summed E-state index contributed by atoms with van der Waals surface area (Å²) in [6.07, 6.45) is 1.48. The molecule has 0 bridgehead atoms. The molecule has 1 fully saturated rings. The minimum Gasteiger partial charge on any atom is -0.496 e. The molecular formula is C20H22N2O3. The fourth-order valence-corrected chi connectivity index (χ4v) is 3.10. The van der Waals surface area contributed by atoms with Gasteiger partial charge in [-0.1, -0.05) is 18.2 Å². The van der Waals surface area contributed by atoms with E-state index in [9.17, 15) is 9.59 Å². The maximum atomic E-state index is 12.5. The van der Waals surface area contributed by atoms with Gasteiger partial charge in [0, 0.05) is 29.8 Å². The standard InChI is InChI=1S/C20H22N2O3/c1-14(17-6-3-4-7-18(17)25-2)21-20(24)15-9-11-16(12-10-15)22-13-5-8-19(22)23/h3-4,6-7,9-12,14H,5,8,13H2,1-2H3,(H,21,24). The smallest absolute Gasteiger partial charge is 0.251 e. The topological polar surface area (TPSA) is 58.6 Å². The first-order valence-corrected chi connectivity index (χ1v) is 8.44. The van der Waals surface area contributed by atoms with Crippen molar-refractivity contribution in [2.75, 3.05) is 18.6 Å². The van der Waals surface area contributed by atoms with Crippen molar-refractivity contribution in [1.29, 1.82) is 0 Å². The van der Waals surface area contributed by atoms with E-state index in [4.69, 9.17) is 4.74 Å². The molecule has 1 aliphatic heterocycles. The van der Waals surface area contributed by atoms with Gasteiger partial charge in [-0.3, -0.25) is 9.59 Å². The number of anilines is 1. The lowest BCUT2D eigenvalue weighted by atomic mass is 10.1. The van der Waals surface area contributed by atoms with Gasteiger partial charge in [-0.2, -0.15) is 0 Å². The zero-order valence-corrected chi connectivity index (χ0v) is 14.5. The van der Waals surface area contributed by atoms with Crippen LogP contribution in [-0.2, 0) is 4.79 Å². The van der Waals surface area contributed by atoms with Gasteiger partial charge in [0.2, 0.25) is 5.91 Å². The van der Waals surface area contributed by atoms with Crippen molar-refractivity contribution in [2.45, 2.75) is 25.8 Å². The summed E-state index contributed by atoms with van der Waals surface area (Å²) < 4.78 is 5.35. The van der Waals surface area contributed by atoms with E-state index < -0.39 is 0 Å². The summed E-state index contributed by atoms with van der Waals surface area (Å²) >= 11 is 0. The number of ether oxygens (including phenoxy) is 1. The summed E-state index contributed by atoms with van der Waals surface area (Å²) in [5.41, 5.74) is 2.34. The highest BCUT2D eigenvalue weighted by molar-refractivity contribution is 5.97. The van der Waals surface area contributed by atoms with Crippen LogP contribution in [0.3, 0.4) is 0 Å². The van der Waals surface area contributed by atoms with Crippen LogP contribution in [0.4, 0.5) is 5.69 Å². The number of hydrogen-bond donors (Lipinski definition) is 1. The second kappa shape index (κ2) is 7.38. The largest absolute Gasteiger partial charge is 0.496 e. The average Bonchev–Trinajstić information content (AvgIpc) is 3.07. The zero-order chi connectivity index (χ0) is 17.8. The molecule has 0 spiro atoms. The molecule has 5 heteroatoms. The van der Waals surface area contributed by atoms with Crippen LogP contribution < -0.4 is 15.0 Å². The molecule has 2 amide bonds. The van der Waals surface area contributed by atoms with Crippen molar-refractivity contribution in [2.24, 2.45) is 0 Å². The quantitative estimate of drug-likeness (QED) is 0.910. The Bertz CT molecular complexity index is 771. The van der Waals surface area contributed by atoms with Gasteiger partial charge < -0.3 is 15.0 Å². The van der Waals surface area contributed by atoms with Gasteiger partial charge in [-0.25, -0.2) is 0 Å². The molecule has 130 valence electrons. The van der Waals surface area contributed by atoms with Gasteiger partial charge in [0.1, 0.15) is 5.75 Å². The van der Waals surface area contributed by atoms with Crippen molar-refractivity contribution in [3.8, 4) is 5.75 Å². The number of carbonyl (C=O) groups excluding carboxylic acids is 2. The Hall–Kier alpha value is -2.82. The number of rotatable bonds is 5. The molecule has 1 atom stereocenters. The number of benzene rings is 2. The summed E-state index contributed by atoms with van der Waals surface area (Å²) in [6.45, 7) is 2.67. The molecule has 1 unspecified atom stereocenters. The molecule has 25 heavy (non-hydrogen) atoms. The number of amides is 2. The van der Waals surface area contributed by atoms with Crippen molar-refractivity contribution < 1.29 is 14.3 Å². The van der Waals surface area contributed by atoms with Gasteiger partial charge >= 0.3 is 0 Å². The lowest BCUT2D eigenvalue weighted by Crippen LogP contribution is -2.27. The minimum atomic E-state index is -0.177. The van der Waals surface area contributed by atoms with Crippen LogP contribution in [0.15, 0.2) is 48.5 Å². The number of para-hydroxylation sites is 1. The summed E-state index contributed by atoms with van der Waals surface area (Å²) in [6, 6.07) is 14.6. The highest BCUT2D eigenvalue weighted by Gasteiger charge is 2.22. The Kier molecular flexibility index (Phi) is 5.03. The van der Waals surface area contributed by atoms with E-state index in [1.165, 1.54) is 0 Å². The van der Waals surface area contributed by atoms with Crippen LogP contribution >= 0.6 is 0 Å². The van der Waals surface area contributed by atoms with Gasteiger partial charge in [-0.05, 0) is 43.7 Å². The molecule has 2 aromatic carbocycles. The first kappa shape index (κ1) is 17.0. The Morgan fingerprint density at radius 1 is 1.16 bits per heavy atom. The molecular weight excluding hydrogens is 316 g/mol. The third kappa shape index (κ3) is 3.65. The fraction of sp³-hybridized carbons (Fsp3) is 0.300. The summed E-state index contributed by atoms with van der Waals surface area (Å²) in [4.78, 5) is 26.0. The summed E-state index contributed by atoms with van der Waals surface area (Å²) in [5.74, 6) is 0.734. The fourth-order valence-electron chi connectivity index (χ4n) is 3.10. The Balaban J connectivity index is 1.69. The number of carbonyl (C=O) groups is 2. The van der Waals surface area contributed by atoms with Gasteiger partial charge in [0.05, 0.1) is 13.2 Å². The van der Waals surface area contributed by atoms with Crippen LogP contribution in [-0.4, -0.2) is 25.5 Å². The lowest BCUT2D eigenvalue weighted by molar-refractivity contribution is -0.117. The van der Waals surface area contributed by atoms with E-state index in [2.05, 4.69) is 5.32 Å². The summed E-state index contributed by atoms with van der Waals surface area (Å²) in [5, 5.41) is 2.99. The highest BCUT2D eigenvalue weighted by atomic mass is 16.5. The van der Waals surface area contributed by atoms with Crippen molar-refractivity contribution in [3.63, 3.8) is 0 Å². The van der Waals surface area contributed by atoms with Crippen LogP contribution in [0.2, 0.25) is 0 Å². The maximum Gasteiger partial charge on any atom is 0.251 e. The second-order valence-electron chi connectivity index (χ2n) is 6.13. The monoisotopic (exact) mass is 338 g/mol. The highest BCUT2D eigenvalue weighted by Crippen LogP contribution is 2.25. The molecule has 0 radical (unpaired) electrons. The van der Waals surface area contributed by atoms with Crippen molar-refractivity contribution >= 4 is 17.5 Å². The van der Waals surface area contributed by atoms with E-state index in [-0.39, 0.29) is 17.9 Å². The van der Waals surface area contributed by atoms with Gasteiger partial charge in [0.15, 0.2) is 0 Å². The Morgan fingerprint density at radius 2 is 1.88 bits per heavy atom. The van der Waals surface area contributed by atoms with Crippen LogP contribution in [0.5, 0.6) is 5.75 Å². The molecule has 1 heterocycles. The molecule has 2 aromatic rings. The number of methoxy groups -OCH3 is 1. The molecule has 3 rings (SSSR count). The average molecular weight is 338 g/mol. The maximum absolute atomic E-state index is 12.5. The molecule has 5 nitrogen and oxygen atoms in total. The van der Waals surface area contributed by atoms with Gasteiger partial charge in [0.25, 0.3) is 5.91 Å². The first-order chi connectivity index (χ1) is 12.1. The molecule has 1 N–H and O–H groups in total. The zero-order valence-electron chi connectivity index (χ0n) is 14.5. The molecule has 1 aliphatic rings. The predicted octanol–water partition coefficient (Wildman–Crippen LogP) is 3.31. The number of nitrogens with zero attached hydrogens (tertiary/aromatic N) is 1. The van der Waals surface area contributed by atoms with E-state index in [0.717, 1.165) is 30.0 Å². The van der Waals surface area contributed by atoms with E-state index in [0.29, 0.717) is 12.0 Å². The molecule has 0 aromatic heterocycles. The molecule has 0 saturated carbocycles. The molecule has 1 saturated heterocycles. The molecule has 0 aliphatic carbocycles. The van der Waals surface area contributed by atoms with Crippen LogP contribution in [0.25, 0.3) is 0 Å². The third-order valence-corrected chi connectivity index (χ3v) is 4.47. The Morgan fingerprint density at radius 3 is 2.52 bits per heavy atom. The minimum absolute atomic E-state index is 0.141. The second-order valence-corrected chi connectivity index (χ2v) is 6.13. The van der Waals surface area contributed by atoms with Crippen LogP contribution in [0.1, 0.15) is 41.7 Å². The SMILES string of the molecule is COc1ccccc1C(C)NC(=O)c1ccc(N2CCCC2=O)cc1. The van der Waals surface area contributed by atoms with E-state index >= 15 is 0 Å². The number of hydrogen-bond acceptors (Lipinski definition) is 3. The van der Waals surface area contributed by atoms with E-state index in [1.807, 2.05) is 43.3 Å². The summed E-state index contributed by atoms with van der Waals surface area (Å²) in [7, 11) is 1.62. The van der Waals surface area contributed by atoms with Crippen molar-refractivity contribution in [3.05, 3.63) is 59.7 Å². The Labute approximate surface area is 147 Å². The normalized spacial score (nSPS) is 15.1. The van der Waals surface area contributed by atoms with Gasteiger partial charge in [-0.15, -0.1) is 0 Å². The lowest BCUT2D eigenvalue weighted by Gasteiger charge is -2.18. The first-order valence-electron chi connectivity index (χ1n) is 8.44. The van der Waals surface area contributed by atoms with Crippen molar-refractivity contribution in [1.82, 2.24) is 5.32 Å².